The Labute approximate surface area is 93.9 Å². The summed E-state index contributed by atoms with van der Waals surface area (Å²) in [6.45, 7) is 8.26. The minimum atomic E-state index is -0.0978. The van der Waals surface area contributed by atoms with E-state index in [2.05, 4.69) is 24.3 Å². The highest BCUT2D eigenvalue weighted by Crippen LogP contribution is 1.93. The molecular weight excluding hydrogens is 192 g/mol. The lowest BCUT2D eigenvalue weighted by atomic mass is 10.4. The lowest BCUT2D eigenvalue weighted by Gasteiger charge is -2.17. The van der Waals surface area contributed by atoms with E-state index in [0.29, 0.717) is 13.2 Å². The van der Waals surface area contributed by atoms with Crippen LogP contribution in [0.15, 0.2) is 0 Å². The van der Waals surface area contributed by atoms with Crippen LogP contribution in [0.4, 0.5) is 0 Å². The summed E-state index contributed by atoms with van der Waals surface area (Å²) in [4.78, 5) is 2.18. The number of nitrogens with one attached hydrogen (secondary N) is 1. The fraction of sp³-hybridized carbons (Fsp3) is 1.00. The molecule has 0 fully saturated rings. The molecule has 0 aliphatic rings. The van der Waals surface area contributed by atoms with Gasteiger partial charge in [0.1, 0.15) is 0 Å². The quantitative estimate of drug-likeness (QED) is 0.437. The third-order valence-electron chi connectivity index (χ3n) is 1.98. The fourth-order valence-corrected chi connectivity index (χ4v) is 1.28. The van der Waals surface area contributed by atoms with Gasteiger partial charge in [0.05, 0.1) is 0 Å². The number of rotatable bonds is 10. The van der Waals surface area contributed by atoms with E-state index in [1.165, 1.54) is 0 Å². The molecule has 4 nitrogen and oxygen atoms in total. The number of hydrogen-bond donors (Lipinski definition) is 1. The molecule has 0 aliphatic carbocycles. The van der Waals surface area contributed by atoms with E-state index in [1.807, 2.05) is 13.8 Å². The van der Waals surface area contributed by atoms with Crippen LogP contribution in [0.1, 0.15) is 20.3 Å². The number of hydrogen-bond acceptors (Lipinski definition) is 4. The first-order valence-corrected chi connectivity index (χ1v) is 5.79. The van der Waals surface area contributed by atoms with Gasteiger partial charge in [0.25, 0.3) is 0 Å². The molecule has 0 saturated heterocycles. The summed E-state index contributed by atoms with van der Waals surface area (Å²) >= 11 is 0. The summed E-state index contributed by atoms with van der Waals surface area (Å²) in [5, 5.41) is 3.33. The second-order valence-electron chi connectivity index (χ2n) is 3.70. The SMILES string of the molecule is CCOC(CNCCCN(C)C)OCC. The summed E-state index contributed by atoms with van der Waals surface area (Å²) in [5.41, 5.74) is 0. The maximum Gasteiger partial charge on any atom is 0.169 e. The van der Waals surface area contributed by atoms with Crippen LogP contribution in [-0.2, 0) is 9.47 Å². The molecule has 0 amide bonds. The second kappa shape index (κ2) is 10.4. The van der Waals surface area contributed by atoms with E-state index in [1.54, 1.807) is 0 Å². The van der Waals surface area contributed by atoms with Gasteiger partial charge >= 0.3 is 0 Å². The summed E-state index contributed by atoms with van der Waals surface area (Å²) in [6.07, 6.45) is 1.05. The minimum Gasteiger partial charge on any atom is -0.352 e. The Kier molecular flexibility index (Phi) is 10.3. The second-order valence-corrected chi connectivity index (χ2v) is 3.70. The molecule has 1 N–H and O–H groups in total. The van der Waals surface area contributed by atoms with E-state index in [9.17, 15) is 0 Å². The van der Waals surface area contributed by atoms with Crippen molar-refractivity contribution in [2.24, 2.45) is 0 Å². The standard InChI is InChI=1S/C11H26N2O2/c1-5-14-11(15-6-2)10-12-8-7-9-13(3)4/h11-12H,5-10H2,1-4H3. The Hall–Kier alpha value is -0.160. The summed E-state index contributed by atoms with van der Waals surface area (Å²) in [5.74, 6) is 0. The van der Waals surface area contributed by atoms with Crippen LogP contribution in [0.5, 0.6) is 0 Å². The highest BCUT2D eigenvalue weighted by atomic mass is 16.7. The Morgan fingerprint density at radius 2 is 1.73 bits per heavy atom. The molecule has 0 rings (SSSR count). The number of nitrogens with zero attached hydrogens (tertiary/aromatic N) is 1. The summed E-state index contributed by atoms with van der Waals surface area (Å²) < 4.78 is 10.8. The highest BCUT2D eigenvalue weighted by Gasteiger charge is 2.05. The maximum atomic E-state index is 5.41. The van der Waals surface area contributed by atoms with E-state index in [0.717, 1.165) is 26.1 Å². The zero-order valence-corrected chi connectivity index (χ0v) is 10.6. The first-order valence-electron chi connectivity index (χ1n) is 5.79. The van der Waals surface area contributed by atoms with E-state index >= 15 is 0 Å². The Balaban J connectivity index is 3.36. The Bertz CT molecular complexity index is 126. The molecule has 0 spiro atoms. The van der Waals surface area contributed by atoms with Gasteiger partial charge in [0, 0.05) is 19.8 Å². The van der Waals surface area contributed by atoms with Crippen molar-refractivity contribution in [2.75, 3.05) is 46.9 Å². The normalized spacial score (nSPS) is 11.6. The molecule has 0 atom stereocenters. The molecule has 0 bridgehead atoms. The molecule has 0 unspecified atom stereocenters. The van der Waals surface area contributed by atoms with E-state index < -0.39 is 0 Å². The molecule has 0 aromatic carbocycles. The van der Waals surface area contributed by atoms with Crippen molar-refractivity contribution in [1.82, 2.24) is 10.2 Å². The van der Waals surface area contributed by atoms with Gasteiger partial charge in [0.2, 0.25) is 0 Å². The van der Waals surface area contributed by atoms with Crippen molar-refractivity contribution in [2.45, 2.75) is 26.6 Å². The molecule has 92 valence electrons. The summed E-state index contributed by atoms with van der Waals surface area (Å²) in [7, 11) is 4.17. The van der Waals surface area contributed by atoms with Gasteiger partial charge in [-0.3, -0.25) is 0 Å². The fourth-order valence-electron chi connectivity index (χ4n) is 1.28. The van der Waals surface area contributed by atoms with Crippen LogP contribution in [0, 0.1) is 0 Å². The van der Waals surface area contributed by atoms with Gasteiger partial charge in [0.15, 0.2) is 6.29 Å². The molecule has 4 heteroatoms. The Morgan fingerprint density at radius 3 is 2.20 bits per heavy atom. The minimum absolute atomic E-state index is 0.0978. The molecule has 0 aliphatic heterocycles. The average molecular weight is 218 g/mol. The molecule has 0 aromatic heterocycles. The molecule has 0 radical (unpaired) electrons. The molecular formula is C11H26N2O2. The predicted molar refractivity (Wildman–Crippen MR) is 63.1 cm³/mol. The highest BCUT2D eigenvalue weighted by molar-refractivity contribution is 4.53. The lowest BCUT2D eigenvalue weighted by molar-refractivity contribution is -0.132. The van der Waals surface area contributed by atoms with Gasteiger partial charge in [-0.25, -0.2) is 0 Å². The van der Waals surface area contributed by atoms with Crippen molar-refractivity contribution in [1.29, 1.82) is 0 Å². The lowest BCUT2D eigenvalue weighted by Crippen LogP contribution is -2.33. The monoisotopic (exact) mass is 218 g/mol. The van der Waals surface area contributed by atoms with Gasteiger partial charge < -0.3 is 19.7 Å². The smallest absolute Gasteiger partial charge is 0.169 e. The topological polar surface area (TPSA) is 33.7 Å². The van der Waals surface area contributed by atoms with Crippen LogP contribution >= 0.6 is 0 Å². The average Bonchev–Trinajstić information content (AvgIpc) is 2.17. The third kappa shape index (κ3) is 10.1. The first kappa shape index (κ1) is 14.8. The van der Waals surface area contributed by atoms with Crippen LogP contribution in [0.3, 0.4) is 0 Å². The van der Waals surface area contributed by atoms with Gasteiger partial charge in [-0.2, -0.15) is 0 Å². The van der Waals surface area contributed by atoms with Crippen molar-refractivity contribution in [3.05, 3.63) is 0 Å². The maximum absolute atomic E-state index is 5.41. The molecule has 0 saturated carbocycles. The van der Waals surface area contributed by atoms with Gasteiger partial charge in [-0.05, 0) is 47.5 Å². The van der Waals surface area contributed by atoms with Crippen LogP contribution in [0.2, 0.25) is 0 Å². The number of ether oxygens (including phenoxy) is 2. The largest absolute Gasteiger partial charge is 0.352 e. The summed E-state index contributed by atoms with van der Waals surface area (Å²) in [6, 6.07) is 0. The third-order valence-corrected chi connectivity index (χ3v) is 1.98. The van der Waals surface area contributed by atoms with Crippen molar-refractivity contribution in [3.63, 3.8) is 0 Å². The molecule has 15 heavy (non-hydrogen) atoms. The van der Waals surface area contributed by atoms with Crippen LogP contribution in [-0.4, -0.2) is 58.1 Å². The van der Waals surface area contributed by atoms with Crippen LogP contribution in [0.25, 0.3) is 0 Å². The molecule has 0 heterocycles. The van der Waals surface area contributed by atoms with Crippen molar-refractivity contribution >= 4 is 0 Å². The molecule has 0 aromatic rings. The van der Waals surface area contributed by atoms with Crippen LogP contribution < -0.4 is 5.32 Å². The first-order chi connectivity index (χ1) is 7.20. The van der Waals surface area contributed by atoms with Crippen molar-refractivity contribution in [3.8, 4) is 0 Å². The van der Waals surface area contributed by atoms with E-state index in [-0.39, 0.29) is 6.29 Å². The van der Waals surface area contributed by atoms with Gasteiger partial charge in [-0.1, -0.05) is 0 Å². The van der Waals surface area contributed by atoms with Gasteiger partial charge in [-0.15, -0.1) is 0 Å². The van der Waals surface area contributed by atoms with E-state index in [4.69, 9.17) is 9.47 Å². The zero-order chi connectivity index (χ0) is 11.5. The van der Waals surface area contributed by atoms with Crippen molar-refractivity contribution < 1.29 is 9.47 Å². The zero-order valence-electron chi connectivity index (χ0n) is 10.6. The predicted octanol–water partition coefficient (Wildman–Crippen LogP) is 0.927. The Morgan fingerprint density at radius 1 is 1.13 bits per heavy atom.